The number of carbonyl (C=O) groups is 1. The number of anilines is 1. The molecule has 0 radical (unpaired) electrons. The maximum absolute atomic E-state index is 13.4. The van der Waals surface area contributed by atoms with Gasteiger partial charge in [-0.1, -0.05) is 43.2 Å². The number of carbonyl (C=O) groups excluding carboxylic acids is 1. The summed E-state index contributed by atoms with van der Waals surface area (Å²) < 4.78 is 28.0. The number of hydrogen-bond acceptors (Lipinski definition) is 3. The summed E-state index contributed by atoms with van der Waals surface area (Å²) in [5.41, 5.74) is 3.24. The molecule has 0 saturated carbocycles. The topological polar surface area (TPSA) is 66.5 Å². The third kappa shape index (κ3) is 5.35. The van der Waals surface area contributed by atoms with Crippen molar-refractivity contribution >= 4 is 21.6 Å². The highest BCUT2D eigenvalue weighted by atomic mass is 32.2. The lowest BCUT2D eigenvalue weighted by Crippen LogP contribution is -2.43. The van der Waals surface area contributed by atoms with Crippen LogP contribution in [0.4, 0.5) is 5.69 Å². The Morgan fingerprint density at radius 2 is 1.64 bits per heavy atom. The zero-order chi connectivity index (χ0) is 20.9. The summed E-state index contributed by atoms with van der Waals surface area (Å²) in [6.07, 6.45) is 1.80. The number of sulfonamides is 1. The number of benzene rings is 2. The molecule has 0 fully saturated rings. The minimum Gasteiger partial charge on any atom is -0.352 e. The molecule has 0 heterocycles. The zero-order valence-corrected chi connectivity index (χ0v) is 18.1. The van der Waals surface area contributed by atoms with Crippen LogP contribution in [0.3, 0.4) is 0 Å². The van der Waals surface area contributed by atoms with E-state index in [0.717, 1.165) is 29.5 Å². The maximum atomic E-state index is 13.4. The molecule has 28 heavy (non-hydrogen) atoms. The molecular weight excluding hydrogens is 372 g/mol. The van der Waals surface area contributed by atoms with Crippen LogP contribution in [-0.2, 0) is 14.8 Å². The van der Waals surface area contributed by atoms with Gasteiger partial charge in [0.05, 0.1) is 10.6 Å². The largest absolute Gasteiger partial charge is 0.352 e. The summed E-state index contributed by atoms with van der Waals surface area (Å²) in [4.78, 5) is 12.8. The van der Waals surface area contributed by atoms with Gasteiger partial charge in [0.1, 0.15) is 6.54 Å². The highest BCUT2D eigenvalue weighted by Crippen LogP contribution is 2.28. The fourth-order valence-corrected chi connectivity index (χ4v) is 4.56. The first-order valence-electron chi connectivity index (χ1n) is 9.61. The molecule has 0 aliphatic heterocycles. The molecule has 152 valence electrons. The first-order valence-corrected chi connectivity index (χ1v) is 11.0. The van der Waals surface area contributed by atoms with Crippen molar-refractivity contribution in [2.75, 3.05) is 10.8 Å². The van der Waals surface area contributed by atoms with Gasteiger partial charge in [0.25, 0.3) is 10.0 Å². The van der Waals surface area contributed by atoms with E-state index >= 15 is 0 Å². The van der Waals surface area contributed by atoms with Crippen molar-refractivity contribution in [1.82, 2.24) is 5.32 Å². The average molecular weight is 403 g/mol. The summed E-state index contributed by atoms with van der Waals surface area (Å²) >= 11 is 0. The van der Waals surface area contributed by atoms with Crippen LogP contribution in [-0.4, -0.2) is 26.9 Å². The molecule has 0 bridgehead atoms. The molecule has 0 aliphatic carbocycles. The second kappa shape index (κ2) is 9.24. The normalized spacial score (nSPS) is 12.5. The maximum Gasteiger partial charge on any atom is 0.264 e. The van der Waals surface area contributed by atoms with Gasteiger partial charge in [0, 0.05) is 6.04 Å². The molecule has 2 aromatic rings. The molecule has 0 unspecified atom stereocenters. The van der Waals surface area contributed by atoms with Crippen LogP contribution >= 0.6 is 0 Å². The number of nitrogens with one attached hydrogen (secondary N) is 1. The molecule has 2 rings (SSSR count). The van der Waals surface area contributed by atoms with Crippen LogP contribution in [0.2, 0.25) is 0 Å². The zero-order valence-electron chi connectivity index (χ0n) is 17.3. The van der Waals surface area contributed by atoms with E-state index in [2.05, 4.69) is 5.32 Å². The van der Waals surface area contributed by atoms with E-state index in [9.17, 15) is 13.2 Å². The number of aryl methyl sites for hydroxylation is 3. The predicted octanol–water partition coefficient (Wildman–Crippen LogP) is 4.11. The van der Waals surface area contributed by atoms with Crippen LogP contribution in [0.5, 0.6) is 0 Å². The number of amides is 1. The Kier molecular flexibility index (Phi) is 7.24. The standard InChI is InChI=1S/C22H30N2O3S/c1-6-7-19(5)23-22(25)15-24(21-14-17(3)8-11-18(21)4)28(26,27)20-12-9-16(2)10-13-20/h8-14,19H,6-7,15H2,1-5H3,(H,23,25)/t19-/m1/s1. The fraction of sp³-hybridized carbons (Fsp3) is 0.409. The summed E-state index contributed by atoms with van der Waals surface area (Å²) in [5.74, 6) is -0.308. The summed E-state index contributed by atoms with van der Waals surface area (Å²) in [6, 6.07) is 12.3. The van der Waals surface area contributed by atoms with Gasteiger partial charge in [-0.25, -0.2) is 8.42 Å². The first kappa shape index (κ1) is 22.0. The predicted molar refractivity (Wildman–Crippen MR) is 114 cm³/mol. The quantitative estimate of drug-likeness (QED) is 0.722. The van der Waals surface area contributed by atoms with Crippen molar-refractivity contribution in [2.45, 2.75) is 58.4 Å². The molecule has 0 saturated heterocycles. The van der Waals surface area contributed by atoms with E-state index in [-0.39, 0.29) is 23.4 Å². The van der Waals surface area contributed by atoms with E-state index in [4.69, 9.17) is 0 Å². The van der Waals surface area contributed by atoms with Crippen molar-refractivity contribution in [3.63, 3.8) is 0 Å². The van der Waals surface area contributed by atoms with Crippen LogP contribution < -0.4 is 9.62 Å². The Hall–Kier alpha value is -2.34. The second-order valence-electron chi connectivity index (χ2n) is 7.37. The lowest BCUT2D eigenvalue weighted by molar-refractivity contribution is -0.120. The van der Waals surface area contributed by atoms with Gasteiger partial charge in [-0.3, -0.25) is 9.10 Å². The summed E-state index contributed by atoms with van der Waals surface area (Å²) in [7, 11) is -3.88. The molecule has 1 N–H and O–H groups in total. The monoisotopic (exact) mass is 402 g/mol. The molecule has 0 aromatic heterocycles. The summed E-state index contributed by atoms with van der Waals surface area (Å²) in [5, 5.41) is 2.90. The highest BCUT2D eigenvalue weighted by molar-refractivity contribution is 7.92. The van der Waals surface area contributed by atoms with E-state index in [0.29, 0.717) is 5.69 Å². The van der Waals surface area contributed by atoms with Crippen LogP contribution in [0, 0.1) is 20.8 Å². The van der Waals surface area contributed by atoms with Crippen LogP contribution in [0.15, 0.2) is 47.4 Å². The summed E-state index contributed by atoms with van der Waals surface area (Å²) in [6.45, 7) is 9.38. The van der Waals surface area contributed by atoms with Crippen LogP contribution in [0.25, 0.3) is 0 Å². The Labute approximate surface area is 168 Å². The number of rotatable bonds is 8. The van der Waals surface area contributed by atoms with E-state index in [1.54, 1.807) is 24.3 Å². The van der Waals surface area contributed by atoms with E-state index < -0.39 is 10.0 Å². The van der Waals surface area contributed by atoms with Crippen molar-refractivity contribution in [2.24, 2.45) is 0 Å². The third-order valence-corrected chi connectivity index (χ3v) is 6.43. The molecule has 0 spiro atoms. The number of hydrogen-bond donors (Lipinski definition) is 1. The van der Waals surface area contributed by atoms with Crippen molar-refractivity contribution in [3.05, 3.63) is 59.2 Å². The average Bonchev–Trinajstić information content (AvgIpc) is 2.62. The third-order valence-electron chi connectivity index (χ3n) is 4.66. The molecule has 2 aromatic carbocycles. The van der Waals surface area contributed by atoms with Gasteiger partial charge in [0.15, 0.2) is 0 Å². The van der Waals surface area contributed by atoms with Gasteiger partial charge >= 0.3 is 0 Å². The van der Waals surface area contributed by atoms with Gasteiger partial charge in [-0.05, 0) is 63.4 Å². The Bertz CT molecular complexity index is 921. The second-order valence-corrected chi connectivity index (χ2v) is 9.23. The minimum atomic E-state index is -3.88. The van der Waals surface area contributed by atoms with E-state index in [1.807, 2.05) is 52.8 Å². The molecular formula is C22H30N2O3S. The number of nitrogens with zero attached hydrogens (tertiary/aromatic N) is 1. The SMILES string of the molecule is CCC[C@@H](C)NC(=O)CN(c1cc(C)ccc1C)S(=O)(=O)c1ccc(C)cc1. The Morgan fingerprint density at radius 1 is 1.04 bits per heavy atom. The van der Waals surface area contributed by atoms with Gasteiger partial charge in [-0.2, -0.15) is 0 Å². The van der Waals surface area contributed by atoms with E-state index in [1.165, 1.54) is 4.31 Å². The fourth-order valence-electron chi connectivity index (χ4n) is 3.08. The van der Waals surface area contributed by atoms with Crippen LogP contribution in [0.1, 0.15) is 43.4 Å². The van der Waals surface area contributed by atoms with Crippen molar-refractivity contribution in [1.29, 1.82) is 0 Å². The molecule has 1 amide bonds. The van der Waals surface area contributed by atoms with Gasteiger partial charge < -0.3 is 5.32 Å². The highest BCUT2D eigenvalue weighted by Gasteiger charge is 2.28. The lowest BCUT2D eigenvalue weighted by Gasteiger charge is -2.26. The first-order chi connectivity index (χ1) is 13.1. The lowest BCUT2D eigenvalue weighted by atomic mass is 10.1. The van der Waals surface area contributed by atoms with Gasteiger partial charge in [0.2, 0.25) is 5.91 Å². The molecule has 6 heteroatoms. The molecule has 1 atom stereocenters. The Balaban J connectivity index is 2.45. The Morgan fingerprint density at radius 3 is 2.25 bits per heavy atom. The van der Waals surface area contributed by atoms with Crippen molar-refractivity contribution < 1.29 is 13.2 Å². The molecule has 0 aliphatic rings. The minimum absolute atomic E-state index is 0.0000327. The van der Waals surface area contributed by atoms with Crippen molar-refractivity contribution in [3.8, 4) is 0 Å². The van der Waals surface area contributed by atoms with Gasteiger partial charge in [-0.15, -0.1) is 0 Å². The smallest absolute Gasteiger partial charge is 0.264 e. The molecule has 5 nitrogen and oxygen atoms in total.